The van der Waals surface area contributed by atoms with Crippen molar-refractivity contribution in [2.45, 2.75) is 19.8 Å². The summed E-state index contributed by atoms with van der Waals surface area (Å²) >= 11 is 0. The van der Waals surface area contributed by atoms with Crippen LogP contribution < -0.4 is 10.1 Å². The lowest BCUT2D eigenvalue weighted by molar-refractivity contribution is -0.142. The van der Waals surface area contributed by atoms with Crippen LogP contribution in [0.25, 0.3) is 0 Å². The number of nitrogens with one attached hydrogen (secondary N) is 1. The minimum absolute atomic E-state index is 0.00913. The third-order valence-electron chi connectivity index (χ3n) is 6.45. The van der Waals surface area contributed by atoms with Crippen LogP contribution in [0.15, 0.2) is 54.6 Å². The number of aryl methyl sites for hydroxylation is 1. The van der Waals surface area contributed by atoms with Gasteiger partial charge in [-0.3, -0.25) is 9.59 Å². The number of nitrogens with zero attached hydrogens (tertiary/aromatic N) is 3. The molecule has 2 heterocycles. The van der Waals surface area contributed by atoms with Crippen LogP contribution in [-0.4, -0.2) is 78.4 Å². The molecule has 2 aromatic carbocycles. The predicted octanol–water partition coefficient (Wildman–Crippen LogP) is 2.99. The molecular weight excluding hydrogens is 432 g/mol. The predicted molar refractivity (Wildman–Crippen MR) is 130 cm³/mol. The molecule has 0 aliphatic carbocycles. The Morgan fingerprint density at radius 1 is 0.853 bits per heavy atom. The Kier molecular flexibility index (Phi) is 7.67. The van der Waals surface area contributed by atoms with Gasteiger partial charge in [-0.1, -0.05) is 30.3 Å². The number of hydrogen-bond donors (Lipinski definition) is 1. The summed E-state index contributed by atoms with van der Waals surface area (Å²) in [7, 11) is 0. The highest BCUT2D eigenvalue weighted by Crippen LogP contribution is 2.21. The zero-order valence-electron chi connectivity index (χ0n) is 19.6. The van der Waals surface area contributed by atoms with Crippen LogP contribution in [0.5, 0.6) is 5.75 Å². The van der Waals surface area contributed by atoms with E-state index in [0.717, 1.165) is 11.3 Å². The number of amides is 4. The molecule has 2 aliphatic heterocycles. The van der Waals surface area contributed by atoms with E-state index in [1.54, 1.807) is 9.80 Å². The number of rotatable bonds is 5. The number of carbonyl (C=O) groups is 3. The average Bonchev–Trinajstić information content (AvgIpc) is 2.87. The summed E-state index contributed by atoms with van der Waals surface area (Å²) in [4.78, 5) is 43.4. The molecule has 0 bridgehead atoms. The number of piperazine rings is 1. The van der Waals surface area contributed by atoms with Gasteiger partial charge in [0.1, 0.15) is 5.75 Å². The smallest absolute Gasteiger partial charge is 0.321 e. The van der Waals surface area contributed by atoms with Crippen molar-refractivity contribution in [3.05, 3.63) is 60.2 Å². The molecule has 0 unspecified atom stereocenters. The maximum absolute atomic E-state index is 13.0. The first kappa shape index (κ1) is 23.6. The topological polar surface area (TPSA) is 82.2 Å². The highest BCUT2D eigenvalue weighted by Gasteiger charge is 2.32. The standard InChI is InChI=1S/C26H32N4O4/c1-20-6-5-7-22(18-20)27-26(33)30-16-14-29(15-17-30)25(32)21-10-12-28(13-11-21)24(31)19-34-23-8-3-2-4-9-23/h2-9,18,21H,10-17,19H2,1H3,(H,27,33). The molecule has 0 radical (unpaired) electrons. The fourth-order valence-electron chi connectivity index (χ4n) is 4.44. The molecule has 2 fully saturated rings. The second kappa shape index (κ2) is 11.0. The van der Waals surface area contributed by atoms with Gasteiger partial charge >= 0.3 is 6.03 Å². The van der Waals surface area contributed by atoms with Crippen molar-refractivity contribution >= 4 is 23.5 Å². The first-order valence-electron chi connectivity index (χ1n) is 11.9. The number of para-hydroxylation sites is 1. The van der Waals surface area contributed by atoms with Gasteiger partial charge in [-0.05, 0) is 49.6 Å². The number of carbonyl (C=O) groups excluding carboxylic acids is 3. The first-order valence-corrected chi connectivity index (χ1v) is 11.9. The van der Waals surface area contributed by atoms with Gasteiger partial charge in [0, 0.05) is 50.9 Å². The molecule has 180 valence electrons. The molecule has 0 atom stereocenters. The van der Waals surface area contributed by atoms with Gasteiger partial charge in [-0.15, -0.1) is 0 Å². The summed E-state index contributed by atoms with van der Waals surface area (Å²) in [5.74, 6) is 0.675. The summed E-state index contributed by atoms with van der Waals surface area (Å²) in [5.41, 5.74) is 1.86. The lowest BCUT2D eigenvalue weighted by atomic mass is 9.95. The highest BCUT2D eigenvalue weighted by molar-refractivity contribution is 5.89. The van der Waals surface area contributed by atoms with E-state index >= 15 is 0 Å². The quantitative estimate of drug-likeness (QED) is 0.738. The van der Waals surface area contributed by atoms with E-state index in [1.165, 1.54) is 0 Å². The van der Waals surface area contributed by atoms with E-state index in [0.29, 0.717) is 57.9 Å². The van der Waals surface area contributed by atoms with Crippen LogP contribution in [0, 0.1) is 12.8 Å². The molecule has 34 heavy (non-hydrogen) atoms. The molecule has 1 N–H and O–H groups in total. The Bertz CT molecular complexity index is 997. The third kappa shape index (κ3) is 6.07. The van der Waals surface area contributed by atoms with E-state index in [1.807, 2.05) is 66.4 Å². The van der Waals surface area contributed by atoms with Crippen LogP contribution in [0.2, 0.25) is 0 Å². The summed E-state index contributed by atoms with van der Waals surface area (Å²) < 4.78 is 5.56. The summed E-state index contributed by atoms with van der Waals surface area (Å²) in [6.07, 6.45) is 1.31. The summed E-state index contributed by atoms with van der Waals surface area (Å²) in [6.45, 7) is 5.20. The second-order valence-electron chi connectivity index (χ2n) is 8.87. The average molecular weight is 465 g/mol. The molecule has 4 amide bonds. The van der Waals surface area contributed by atoms with E-state index in [9.17, 15) is 14.4 Å². The Labute approximate surface area is 200 Å². The molecule has 2 aliphatic rings. The maximum atomic E-state index is 13.0. The van der Waals surface area contributed by atoms with E-state index < -0.39 is 0 Å². The fourth-order valence-corrected chi connectivity index (χ4v) is 4.44. The van der Waals surface area contributed by atoms with Crippen LogP contribution in [0.4, 0.5) is 10.5 Å². The lowest BCUT2D eigenvalue weighted by Gasteiger charge is -2.38. The first-order chi connectivity index (χ1) is 16.5. The van der Waals surface area contributed by atoms with Crippen molar-refractivity contribution in [3.8, 4) is 5.75 Å². The number of hydrogen-bond acceptors (Lipinski definition) is 4. The maximum Gasteiger partial charge on any atom is 0.321 e. The monoisotopic (exact) mass is 464 g/mol. The normalized spacial score (nSPS) is 16.8. The molecule has 2 saturated heterocycles. The van der Waals surface area contributed by atoms with Crippen LogP contribution in [0.3, 0.4) is 0 Å². The van der Waals surface area contributed by atoms with Gasteiger partial charge < -0.3 is 24.8 Å². The van der Waals surface area contributed by atoms with Crippen molar-refractivity contribution in [3.63, 3.8) is 0 Å². The van der Waals surface area contributed by atoms with Gasteiger partial charge in [0.2, 0.25) is 5.91 Å². The molecule has 8 nitrogen and oxygen atoms in total. The number of piperidine rings is 1. The highest BCUT2D eigenvalue weighted by atomic mass is 16.5. The summed E-state index contributed by atoms with van der Waals surface area (Å²) in [6, 6.07) is 16.8. The molecule has 0 saturated carbocycles. The van der Waals surface area contributed by atoms with Crippen molar-refractivity contribution in [1.29, 1.82) is 0 Å². The number of likely N-dealkylation sites (tertiary alicyclic amines) is 1. The Morgan fingerprint density at radius 3 is 2.21 bits per heavy atom. The van der Waals surface area contributed by atoms with Gasteiger partial charge in [-0.2, -0.15) is 0 Å². The Hall–Kier alpha value is -3.55. The van der Waals surface area contributed by atoms with Gasteiger partial charge in [0.05, 0.1) is 0 Å². The molecule has 8 heteroatoms. The molecular formula is C26H32N4O4. The van der Waals surface area contributed by atoms with Gasteiger partial charge in [-0.25, -0.2) is 4.79 Å². The molecule has 2 aromatic rings. The molecule has 0 aromatic heterocycles. The van der Waals surface area contributed by atoms with Crippen molar-refractivity contribution < 1.29 is 19.1 Å². The summed E-state index contributed by atoms with van der Waals surface area (Å²) in [5, 5.41) is 2.93. The van der Waals surface area contributed by atoms with Crippen LogP contribution in [-0.2, 0) is 9.59 Å². The van der Waals surface area contributed by atoms with Crippen LogP contribution >= 0.6 is 0 Å². The van der Waals surface area contributed by atoms with Gasteiger partial charge in [0.15, 0.2) is 6.61 Å². The third-order valence-corrected chi connectivity index (χ3v) is 6.45. The lowest BCUT2D eigenvalue weighted by Crippen LogP contribution is -2.54. The number of benzene rings is 2. The second-order valence-corrected chi connectivity index (χ2v) is 8.87. The van der Waals surface area contributed by atoms with Crippen molar-refractivity contribution in [1.82, 2.24) is 14.7 Å². The SMILES string of the molecule is Cc1cccc(NC(=O)N2CCN(C(=O)C3CCN(C(=O)COc4ccccc4)CC3)CC2)c1. The number of urea groups is 1. The van der Waals surface area contributed by atoms with E-state index in [4.69, 9.17) is 4.74 Å². The Balaban J connectivity index is 1.18. The number of anilines is 1. The molecule has 4 rings (SSSR count). The van der Waals surface area contributed by atoms with Gasteiger partial charge in [0.25, 0.3) is 5.91 Å². The minimum atomic E-state index is -0.137. The molecule has 0 spiro atoms. The van der Waals surface area contributed by atoms with E-state index in [-0.39, 0.29) is 30.4 Å². The van der Waals surface area contributed by atoms with Crippen molar-refractivity contribution in [2.24, 2.45) is 5.92 Å². The zero-order chi connectivity index (χ0) is 23.9. The fraction of sp³-hybridized carbons (Fsp3) is 0.423. The Morgan fingerprint density at radius 2 is 1.53 bits per heavy atom. The van der Waals surface area contributed by atoms with Crippen LogP contribution in [0.1, 0.15) is 18.4 Å². The zero-order valence-corrected chi connectivity index (χ0v) is 19.6. The minimum Gasteiger partial charge on any atom is -0.484 e. The largest absolute Gasteiger partial charge is 0.484 e. The van der Waals surface area contributed by atoms with E-state index in [2.05, 4.69) is 5.32 Å². The number of ether oxygens (including phenoxy) is 1. The van der Waals surface area contributed by atoms with Crippen molar-refractivity contribution in [2.75, 3.05) is 51.2 Å².